The molecule has 2 aliphatic heterocycles. The van der Waals surface area contributed by atoms with E-state index in [1.54, 1.807) is 19.9 Å². The lowest BCUT2D eigenvalue weighted by Gasteiger charge is -2.34. The van der Waals surface area contributed by atoms with Gasteiger partial charge in [0.05, 0.1) is 12.7 Å². The van der Waals surface area contributed by atoms with Crippen molar-refractivity contribution in [3.8, 4) is 0 Å². The number of esters is 2. The molecule has 3 atom stereocenters. The number of carbonyl (C=O) groups excluding carboxylic acids is 2. The first kappa shape index (κ1) is 26.1. The van der Waals surface area contributed by atoms with Crippen molar-refractivity contribution in [1.82, 2.24) is 4.90 Å². The standard InChI is InChI=1S/C29H33ClN2O4/c1-19-25(28(33)35-3)27(22-14-8-9-15-23(22)30)26(20(2)31-19)29(34)36-24(21-12-6-4-7-13-21)18-32-16-10-5-11-17-32/h4,6-9,12-15,24-25,27H,5,10-11,16-18H2,1-3H3. The Labute approximate surface area is 217 Å². The van der Waals surface area contributed by atoms with E-state index in [1.807, 2.05) is 48.5 Å². The Morgan fingerprint density at radius 2 is 1.69 bits per heavy atom. The lowest BCUT2D eigenvalue weighted by molar-refractivity contribution is -0.147. The monoisotopic (exact) mass is 508 g/mol. The fourth-order valence-electron chi connectivity index (χ4n) is 5.25. The number of piperidine rings is 1. The number of allylic oxidation sites excluding steroid dienone is 1. The van der Waals surface area contributed by atoms with E-state index in [2.05, 4.69) is 9.89 Å². The van der Waals surface area contributed by atoms with Crippen LogP contribution in [0.25, 0.3) is 0 Å². The second-order valence-corrected chi connectivity index (χ2v) is 9.83. The summed E-state index contributed by atoms with van der Waals surface area (Å²) < 4.78 is 11.4. The molecule has 0 radical (unpaired) electrons. The molecule has 0 bridgehead atoms. The molecule has 1 fully saturated rings. The van der Waals surface area contributed by atoms with Crippen LogP contribution in [-0.2, 0) is 19.1 Å². The average molecular weight is 509 g/mol. The molecule has 4 rings (SSSR count). The van der Waals surface area contributed by atoms with Crippen LogP contribution in [0.5, 0.6) is 0 Å². The van der Waals surface area contributed by atoms with Crippen molar-refractivity contribution >= 4 is 29.3 Å². The van der Waals surface area contributed by atoms with Crippen molar-refractivity contribution in [3.05, 3.63) is 82.0 Å². The molecule has 36 heavy (non-hydrogen) atoms. The Balaban J connectivity index is 1.72. The third-order valence-corrected chi connectivity index (χ3v) is 7.38. The third kappa shape index (κ3) is 5.71. The highest BCUT2D eigenvalue weighted by molar-refractivity contribution is 6.31. The molecule has 190 valence electrons. The lowest BCUT2D eigenvalue weighted by atomic mass is 9.75. The van der Waals surface area contributed by atoms with Gasteiger partial charge >= 0.3 is 11.9 Å². The van der Waals surface area contributed by atoms with E-state index in [4.69, 9.17) is 21.1 Å². The van der Waals surface area contributed by atoms with Gasteiger partial charge in [0.25, 0.3) is 0 Å². The summed E-state index contributed by atoms with van der Waals surface area (Å²) in [6.07, 6.45) is 3.06. The van der Waals surface area contributed by atoms with Crippen LogP contribution in [0.1, 0.15) is 56.3 Å². The Morgan fingerprint density at radius 1 is 1.03 bits per heavy atom. The molecule has 2 heterocycles. The predicted molar refractivity (Wildman–Crippen MR) is 141 cm³/mol. The summed E-state index contributed by atoms with van der Waals surface area (Å²) >= 11 is 6.59. The minimum absolute atomic E-state index is 0.337. The van der Waals surface area contributed by atoms with Crippen molar-refractivity contribution < 1.29 is 19.1 Å². The highest BCUT2D eigenvalue weighted by atomic mass is 35.5. The van der Waals surface area contributed by atoms with E-state index < -0.39 is 29.9 Å². The van der Waals surface area contributed by atoms with Crippen LogP contribution in [0.3, 0.4) is 0 Å². The second kappa shape index (κ2) is 11.8. The maximum Gasteiger partial charge on any atom is 0.337 e. The van der Waals surface area contributed by atoms with Crippen molar-refractivity contribution in [2.45, 2.75) is 45.1 Å². The zero-order valence-corrected chi connectivity index (χ0v) is 21.8. The number of likely N-dealkylation sites (tertiary alicyclic amines) is 1. The Morgan fingerprint density at radius 3 is 2.36 bits per heavy atom. The van der Waals surface area contributed by atoms with Gasteiger partial charge in [-0.2, -0.15) is 0 Å². The quantitative estimate of drug-likeness (QED) is 0.447. The van der Waals surface area contributed by atoms with Crippen LogP contribution in [0.2, 0.25) is 5.02 Å². The lowest BCUT2D eigenvalue weighted by Crippen LogP contribution is -2.38. The molecular weight excluding hydrogens is 476 g/mol. The molecule has 2 aromatic rings. The number of rotatable bonds is 7. The van der Waals surface area contributed by atoms with Gasteiger partial charge in [0.1, 0.15) is 12.0 Å². The zero-order chi connectivity index (χ0) is 25.7. The minimum atomic E-state index is -0.779. The summed E-state index contributed by atoms with van der Waals surface area (Å²) in [6.45, 7) is 6.14. The van der Waals surface area contributed by atoms with Crippen LogP contribution in [0, 0.1) is 5.92 Å². The second-order valence-electron chi connectivity index (χ2n) is 9.42. The molecule has 1 saturated heterocycles. The van der Waals surface area contributed by atoms with Crippen molar-refractivity contribution in [2.75, 3.05) is 26.7 Å². The molecule has 3 unspecified atom stereocenters. The molecule has 0 N–H and O–H groups in total. The third-order valence-electron chi connectivity index (χ3n) is 7.04. The molecule has 0 spiro atoms. The fourth-order valence-corrected chi connectivity index (χ4v) is 5.50. The number of aliphatic imine (C=N–C) groups is 1. The predicted octanol–water partition coefficient (Wildman–Crippen LogP) is 5.73. The Bertz CT molecular complexity index is 1150. The van der Waals surface area contributed by atoms with Crippen molar-refractivity contribution in [1.29, 1.82) is 0 Å². The van der Waals surface area contributed by atoms with Gasteiger partial charge in [-0.25, -0.2) is 4.79 Å². The van der Waals surface area contributed by atoms with Crippen LogP contribution < -0.4 is 0 Å². The normalized spacial score (nSPS) is 21.5. The van der Waals surface area contributed by atoms with Crippen LogP contribution >= 0.6 is 11.6 Å². The largest absolute Gasteiger partial charge is 0.468 e. The first-order valence-electron chi connectivity index (χ1n) is 12.5. The minimum Gasteiger partial charge on any atom is -0.468 e. The summed E-state index contributed by atoms with van der Waals surface area (Å²) in [7, 11) is 1.34. The molecular formula is C29H33ClN2O4. The van der Waals surface area contributed by atoms with Gasteiger partial charge in [0.15, 0.2) is 0 Å². The number of halogens is 1. The van der Waals surface area contributed by atoms with Crippen LogP contribution in [0.15, 0.2) is 70.9 Å². The topological polar surface area (TPSA) is 68.2 Å². The maximum absolute atomic E-state index is 13.9. The summed E-state index contributed by atoms with van der Waals surface area (Å²) in [4.78, 5) is 33.8. The van der Waals surface area contributed by atoms with Gasteiger partial charge in [-0.3, -0.25) is 14.7 Å². The highest BCUT2D eigenvalue weighted by Crippen LogP contribution is 2.43. The number of carbonyl (C=O) groups is 2. The van der Waals surface area contributed by atoms with Gasteiger partial charge in [0.2, 0.25) is 0 Å². The van der Waals surface area contributed by atoms with E-state index in [0.29, 0.717) is 34.1 Å². The van der Waals surface area contributed by atoms with Gasteiger partial charge in [0, 0.05) is 28.9 Å². The van der Waals surface area contributed by atoms with E-state index in [0.717, 1.165) is 31.5 Å². The number of methoxy groups -OCH3 is 1. The van der Waals surface area contributed by atoms with E-state index in [9.17, 15) is 9.59 Å². The fraction of sp³-hybridized carbons (Fsp3) is 0.414. The first-order chi connectivity index (χ1) is 17.4. The molecule has 2 aliphatic rings. The number of benzene rings is 2. The summed E-state index contributed by atoms with van der Waals surface area (Å²) in [6, 6.07) is 17.1. The van der Waals surface area contributed by atoms with E-state index >= 15 is 0 Å². The van der Waals surface area contributed by atoms with Crippen molar-refractivity contribution in [2.24, 2.45) is 10.9 Å². The first-order valence-corrected chi connectivity index (χ1v) is 12.8. The van der Waals surface area contributed by atoms with Gasteiger partial charge in [-0.05, 0) is 57.0 Å². The SMILES string of the molecule is COC(=O)C1C(C)=NC(C)=C(C(=O)OC(CN2CCCCC2)c2ccccc2)C1c1ccccc1Cl. The number of nitrogens with zero attached hydrogens (tertiary/aromatic N) is 2. The highest BCUT2D eigenvalue weighted by Gasteiger charge is 2.43. The molecule has 0 saturated carbocycles. The Hall–Kier alpha value is -2.96. The van der Waals surface area contributed by atoms with Crippen LogP contribution in [-0.4, -0.2) is 49.3 Å². The molecule has 0 aromatic heterocycles. The smallest absolute Gasteiger partial charge is 0.337 e. The van der Waals surface area contributed by atoms with Crippen molar-refractivity contribution in [3.63, 3.8) is 0 Å². The molecule has 2 aromatic carbocycles. The number of ether oxygens (including phenoxy) is 2. The maximum atomic E-state index is 13.9. The number of hydrogen-bond donors (Lipinski definition) is 0. The van der Waals surface area contributed by atoms with Gasteiger partial charge in [-0.15, -0.1) is 0 Å². The van der Waals surface area contributed by atoms with Gasteiger partial charge in [-0.1, -0.05) is 66.6 Å². The van der Waals surface area contributed by atoms with Gasteiger partial charge < -0.3 is 9.47 Å². The molecule has 0 amide bonds. The Kier molecular flexibility index (Phi) is 8.60. The zero-order valence-electron chi connectivity index (χ0n) is 21.1. The van der Waals surface area contributed by atoms with E-state index in [-0.39, 0.29) is 0 Å². The summed E-state index contributed by atoms with van der Waals surface area (Å²) in [5.41, 5.74) is 3.04. The summed E-state index contributed by atoms with van der Waals surface area (Å²) in [5, 5.41) is 0.470. The number of hydrogen-bond acceptors (Lipinski definition) is 6. The van der Waals surface area contributed by atoms with E-state index in [1.165, 1.54) is 13.5 Å². The summed E-state index contributed by atoms with van der Waals surface area (Å²) in [5.74, 6) is -2.40. The molecule has 7 heteroatoms. The molecule has 6 nitrogen and oxygen atoms in total. The average Bonchev–Trinajstić information content (AvgIpc) is 2.89. The van der Waals surface area contributed by atoms with Crippen LogP contribution in [0.4, 0.5) is 0 Å². The molecule has 0 aliphatic carbocycles.